The average Bonchev–Trinajstić information content (AvgIpc) is 3.12. The maximum Gasteiger partial charge on any atom is 0.274 e. The summed E-state index contributed by atoms with van der Waals surface area (Å²) in [6.45, 7) is 6.17. The number of benzene rings is 1. The number of ether oxygens (including phenoxy) is 2. The van der Waals surface area contributed by atoms with Crippen LogP contribution in [0.3, 0.4) is 0 Å². The average molecular weight is 723 g/mol. The lowest BCUT2D eigenvalue weighted by Gasteiger charge is -2.31. The van der Waals surface area contributed by atoms with Gasteiger partial charge in [-0.2, -0.15) is 0 Å². The van der Waals surface area contributed by atoms with E-state index in [4.69, 9.17) is 37.7 Å². The van der Waals surface area contributed by atoms with Gasteiger partial charge in [-0.3, -0.25) is 19.6 Å². The summed E-state index contributed by atoms with van der Waals surface area (Å²) in [5, 5.41) is 19.6. The van der Waals surface area contributed by atoms with Crippen molar-refractivity contribution in [2.24, 2.45) is 0 Å². The fourth-order valence-electron chi connectivity index (χ4n) is 5.74. The van der Waals surface area contributed by atoms with Gasteiger partial charge in [0.05, 0.1) is 47.4 Å². The molecule has 2 amide bonds. The number of anilines is 1. The van der Waals surface area contributed by atoms with E-state index in [9.17, 15) is 14.7 Å². The molecule has 1 fully saturated rings. The Morgan fingerprint density at radius 1 is 1.00 bits per heavy atom. The van der Waals surface area contributed by atoms with Gasteiger partial charge >= 0.3 is 0 Å². The van der Waals surface area contributed by atoms with Crippen LogP contribution < -0.4 is 25.4 Å². The van der Waals surface area contributed by atoms with Gasteiger partial charge in [0.1, 0.15) is 11.4 Å². The summed E-state index contributed by atoms with van der Waals surface area (Å²) in [7, 11) is 3.10. The molecule has 1 aliphatic heterocycles. The lowest BCUT2D eigenvalue weighted by atomic mass is 10.0. The Bertz CT molecular complexity index is 1830. The van der Waals surface area contributed by atoms with E-state index in [0.717, 1.165) is 37.1 Å². The summed E-state index contributed by atoms with van der Waals surface area (Å²) in [5.41, 5.74) is 4.30. The van der Waals surface area contributed by atoms with Crippen molar-refractivity contribution in [2.45, 2.75) is 51.9 Å². The highest BCUT2D eigenvalue weighted by molar-refractivity contribution is 6.39. The highest BCUT2D eigenvalue weighted by Crippen LogP contribution is 2.40. The first-order valence-corrected chi connectivity index (χ1v) is 17.0. The second kappa shape index (κ2) is 17.1. The predicted octanol–water partition coefficient (Wildman–Crippen LogP) is 5.35. The molecule has 1 unspecified atom stereocenters. The van der Waals surface area contributed by atoms with Crippen molar-refractivity contribution in [3.05, 3.63) is 81.7 Å². The number of pyridine rings is 3. The van der Waals surface area contributed by atoms with Crippen LogP contribution in [-0.2, 0) is 17.9 Å². The molecule has 0 aliphatic carbocycles. The van der Waals surface area contributed by atoms with Crippen molar-refractivity contribution < 1.29 is 24.2 Å². The third kappa shape index (κ3) is 8.87. The zero-order valence-electron chi connectivity index (χ0n) is 28.4. The number of likely N-dealkylation sites (tertiary alicyclic amines) is 1. The number of piperidine rings is 1. The van der Waals surface area contributed by atoms with Crippen LogP contribution in [0.4, 0.5) is 5.69 Å². The molecule has 1 saturated heterocycles. The summed E-state index contributed by atoms with van der Waals surface area (Å²) in [4.78, 5) is 40.4. The number of nitrogens with zero attached hydrogens (tertiary/aromatic N) is 4. The first-order valence-electron chi connectivity index (χ1n) is 16.3. The quantitative estimate of drug-likeness (QED) is 0.142. The van der Waals surface area contributed by atoms with Gasteiger partial charge in [-0.15, -0.1) is 0 Å². The van der Waals surface area contributed by atoms with Crippen LogP contribution in [0, 0.1) is 0 Å². The van der Waals surface area contributed by atoms with E-state index < -0.39 is 12.0 Å². The van der Waals surface area contributed by atoms with Crippen LogP contribution in [0.1, 0.15) is 48.3 Å². The van der Waals surface area contributed by atoms with Crippen molar-refractivity contribution in [1.82, 2.24) is 30.5 Å². The van der Waals surface area contributed by atoms with Crippen LogP contribution in [0.2, 0.25) is 10.0 Å². The standard InChI is InChI=1S/C36H41Cl2N7O5/c1-21(46)17-39-18-24-20-42-30(16-31(24)49-3)35(48)43-29-7-5-6-27(32(29)37)34-33(38)26(10-13-40-34)28-9-8-23(36(44-28)50-4)19-41-25-11-14-45(15-12-25)22(2)47/h5-10,13,16,20-21,25,39,41,46H,11-12,14-15,17-19H2,1-4H3,(H,43,48). The van der Waals surface area contributed by atoms with Gasteiger partial charge in [-0.25, -0.2) is 4.98 Å². The molecular formula is C36H41Cl2N7O5. The predicted molar refractivity (Wildman–Crippen MR) is 194 cm³/mol. The van der Waals surface area contributed by atoms with Gasteiger partial charge in [-0.1, -0.05) is 41.4 Å². The summed E-state index contributed by atoms with van der Waals surface area (Å²) in [6.07, 6.45) is 4.46. The molecule has 0 bridgehead atoms. The Kier molecular flexibility index (Phi) is 12.6. The van der Waals surface area contributed by atoms with E-state index in [0.29, 0.717) is 70.5 Å². The minimum Gasteiger partial charge on any atom is -0.496 e. The minimum absolute atomic E-state index is 0.112. The summed E-state index contributed by atoms with van der Waals surface area (Å²) in [6, 6.07) is 12.7. The molecule has 0 saturated carbocycles. The van der Waals surface area contributed by atoms with Crippen molar-refractivity contribution >= 4 is 40.7 Å². The Morgan fingerprint density at radius 2 is 1.78 bits per heavy atom. The van der Waals surface area contributed by atoms with Gasteiger partial charge in [0, 0.05) is 86.4 Å². The fourth-order valence-corrected chi connectivity index (χ4v) is 6.31. The monoisotopic (exact) mass is 721 g/mol. The summed E-state index contributed by atoms with van der Waals surface area (Å²) in [5.74, 6) is 0.589. The topological polar surface area (TPSA) is 151 Å². The molecule has 1 aromatic carbocycles. The molecule has 3 aromatic heterocycles. The van der Waals surface area contributed by atoms with Gasteiger partial charge in [-0.05, 0) is 38.0 Å². The number of carbonyl (C=O) groups excluding carboxylic acids is 2. The molecule has 0 spiro atoms. The molecule has 4 heterocycles. The van der Waals surface area contributed by atoms with Crippen LogP contribution in [0.5, 0.6) is 11.6 Å². The molecule has 12 nitrogen and oxygen atoms in total. The Labute approximate surface area is 301 Å². The van der Waals surface area contributed by atoms with Crippen molar-refractivity contribution in [2.75, 3.05) is 39.2 Å². The maximum atomic E-state index is 13.2. The van der Waals surface area contributed by atoms with Crippen molar-refractivity contribution in [1.29, 1.82) is 0 Å². The number of amides is 2. The summed E-state index contributed by atoms with van der Waals surface area (Å²) < 4.78 is 11.1. The van der Waals surface area contributed by atoms with E-state index >= 15 is 0 Å². The smallest absolute Gasteiger partial charge is 0.274 e. The molecule has 14 heteroatoms. The fraction of sp³-hybridized carbons (Fsp3) is 0.361. The van der Waals surface area contributed by atoms with Crippen LogP contribution in [0.25, 0.3) is 22.5 Å². The molecule has 1 aliphatic rings. The number of hydrogen-bond acceptors (Lipinski definition) is 10. The molecule has 1 atom stereocenters. The molecule has 264 valence electrons. The number of hydrogen-bond donors (Lipinski definition) is 4. The highest BCUT2D eigenvalue weighted by Gasteiger charge is 2.22. The second-order valence-electron chi connectivity index (χ2n) is 12.0. The number of aromatic nitrogens is 3. The number of nitrogens with one attached hydrogen (secondary N) is 3. The lowest BCUT2D eigenvalue weighted by Crippen LogP contribution is -2.44. The number of aliphatic hydroxyl groups excluding tert-OH is 1. The highest BCUT2D eigenvalue weighted by atomic mass is 35.5. The lowest BCUT2D eigenvalue weighted by molar-refractivity contribution is -0.129. The first-order chi connectivity index (χ1) is 24.1. The minimum atomic E-state index is -0.498. The third-order valence-electron chi connectivity index (χ3n) is 8.47. The van der Waals surface area contributed by atoms with E-state index in [1.54, 1.807) is 63.7 Å². The van der Waals surface area contributed by atoms with Crippen molar-refractivity contribution in [3.63, 3.8) is 0 Å². The van der Waals surface area contributed by atoms with Crippen LogP contribution in [-0.4, -0.2) is 82.8 Å². The van der Waals surface area contributed by atoms with E-state index in [-0.39, 0.29) is 16.6 Å². The van der Waals surface area contributed by atoms with E-state index in [2.05, 4.69) is 25.9 Å². The molecular weight excluding hydrogens is 681 g/mol. The van der Waals surface area contributed by atoms with Gasteiger partial charge in [0.25, 0.3) is 5.91 Å². The normalized spacial score (nSPS) is 13.9. The van der Waals surface area contributed by atoms with Gasteiger partial charge in [0.2, 0.25) is 11.8 Å². The first kappa shape index (κ1) is 36.9. The number of halogens is 2. The zero-order valence-corrected chi connectivity index (χ0v) is 29.9. The maximum absolute atomic E-state index is 13.2. The third-order valence-corrected chi connectivity index (χ3v) is 9.26. The van der Waals surface area contributed by atoms with E-state index in [1.807, 2.05) is 17.0 Å². The number of methoxy groups -OCH3 is 2. The number of carbonyl (C=O) groups is 2. The molecule has 0 radical (unpaired) electrons. The van der Waals surface area contributed by atoms with Crippen LogP contribution >= 0.6 is 23.2 Å². The molecule has 4 N–H and O–H groups in total. The van der Waals surface area contributed by atoms with Crippen molar-refractivity contribution in [3.8, 4) is 34.1 Å². The van der Waals surface area contributed by atoms with Crippen LogP contribution in [0.15, 0.2) is 54.9 Å². The molecule has 5 rings (SSSR count). The Morgan fingerprint density at radius 3 is 2.48 bits per heavy atom. The zero-order chi connectivity index (χ0) is 35.8. The number of rotatable bonds is 13. The van der Waals surface area contributed by atoms with Gasteiger partial charge < -0.3 is 35.4 Å². The molecule has 4 aromatic rings. The number of aliphatic hydroxyl groups is 1. The second-order valence-corrected chi connectivity index (χ2v) is 12.8. The van der Waals surface area contributed by atoms with Gasteiger partial charge in [0.15, 0.2) is 0 Å². The largest absolute Gasteiger partial charge is 0.496 e. The Hall–Kier alpha value is -4.33. The van der Waals surface area contributed by atoms with E-state index in [1.165, 1.54) is 7.11 Å². The summed E-state index contributed by atoms with van der Waals surface area (Å²) >= 11 is 13.8. The molecule has 50 heavy (non-hydrogen) atoms. The Balaban J connectivity index is 1.32. The SMILES string of the molecule is COc1cc(C(=O)Nc2cccc(-c3nccc(-c4ccc(CNC5CCN(C(C)=O)CC5)c(OC)n4)c3Cl)c2Cl)ncc1CNCC(C)O.